The molecule has 1 aromatic carbocycles. The Bertz CT molecular complexity index is 389. The third kappa shape index (κ3) is 2.65. The number of methoxy groups -OCH3 is 1. The normalized spacial score (nSPS) is 17.4. The molecule has 4 nitrogen and oxygen atoms in total. The van der Waals surface area contributed by atoms with E-state index < -0.39 is 0 Å². The summed E-state index contributed by atoms with van der Waals surface area (Å²) in [4.78, 5) is 0. The highest BCUT2D eigenvalue weighted by Gasteiger charge is 2.37. The first kappa shape index (κ1) is 12.5. The predicted molar refractivity (Wildman–Crippen MR) is 68.8 cm³/mol. The zero-order valence-electron chi connectivity index (χ0n) is 9.83. The van der Waals surface area contributed by atoms with Crippen LogP contribution in [-0.2, 0) is 4.74 Å². The Morgan fingerprint density at radius 2 is 2.29 bits per heavy atom. The first-order valence-electron chi connectivity index (χ1n) is 5.54. The van der Waals surface area contributed by atoms with E-state index in [0.29, 0.717) is 24.8 Å². The molecule has 0 spiro atoms. The molecule has 0 radical (unpaired) electrons. The number of anilines is 1. The van der Waals surface area contributed by atoms with E-state index >= 15 is 0 Å². The minimum Gasteiger partial charge on any atom is -0.495 e. The minimum absolute atomic E-state index is 0.0489. The van der Waals surface area contributed by atoms with Gasteiger partial charge in [0, 0.05) is 23.5 Å². The van der Waals surface area contributed by atoms with E-state index in [0.717, 1.165) is 18.0 Å². The molecular weight excluding hydrogens is 240 g/mol. The van der Waals surface area contributed by atoms with Crippen LogP contribution in [-0.4, -0.2) is 33.4 Å². The number of nitrogens with one attached hydrogen (secondary N) is 1. The minimum atomic E-state index is 0.0489. The Morgan fingerprint density at radius 1 is 1.53 bits per heavy atom. The van der Waals surface area contributed by atoms with E-state index in [1.165, 1.54) is 0 Å². The van der Waals surface area contributed by atoms with Gasteiger partial charge < -0.3 is 20.5 Å². The fourth-order valence-electron chi connectivity index (χ4n) is 1.78. The van der Waals surface area contributed by atoms with Gasteiger partial charge >= 0.3 is 0 Å². The predicted octanol–water partition coefficient (Wildman–Crippen LogP) is 1.74. The van der Waals surface area contributed by atoms with Gasteiger partial charge in [0.25, 0.3) is 0 Å². The van der Waals surface area contributed by atoms with E-state index in [9.17, 15) is 0 Å². The quantitative estimate of drug-likeness (QED) is 0.843. The molecule has 0 atom stereocenters. The molecule has 1 aromatic rings. The number of ether oxygens (including phenoxy) is 2. The summed E-state index contributed by atoms with van der Waals surface area (Å²) in [7, 11) is 1.64. The Hall–Kier alpha value is -0.970. The maximum atomic E-state index is 5.96. The van der Waals surface area contributed by atoms with Crippen molar-refractivity contribution >= 4 is 17.3 Å². The maximum Gasteiger partial charge on any atom is 0.142 e. The summed E-state index contributed by atoms with van der Waals surface area (Å²) in [6, 6.07) is 5.50. The monoisotopic (exact) mass is 256 g/mol. The Labute approximate surface area is 106 Å². The van der Waals surface area contributed by atoms with Crippen LogP contribution in [0, 0.1) is 5.41 Å². The van der Waals surface area contributed by atoms with Crippen molar-refractivity contribution in [1.82, 2.24) is 0 Å². The number of hydrogen-bond donors (Lipinski definition) is 2. The van der Waals surface area contributed by atoms with Gasteiger partial charge in [0.2, 0.25) is 0 Å². The summed E-state index contributed by atoms with van der Waals surface area (Å²) in [6.07, 6.45) is 0. The summed E-state index contributed by atoms with van der Waals surface area (Å²) in [5.41, 5.74) is 6.69. The highest BCUT2D eigenvalue weighted by molar-refractivity contribution is 6.30. The molecule has 0 unspecified atom stereocenters. The van der Waals surface area contributed by atoms with Gasteiger partial charge in [-0.3, -0.25) is 0 Å². The third-order valence-corrected chi connectivity index (χ3v) is 3.30. The Morgan fingerprint density at radius 3 is 2.82 bits per heavy atom. The molecule has 3 N–H and O–H groups in total. The molecule has 0 aromatic heterocycles. The molecule has 5 heteroatoms. The molecular formula is C12H17ClN2O2. The highest BCUT2D eigenvalue weighted by Crippen LogP contribution is 2.31. The largest absolute Gasteiger partial charge is 0.495 e. The first-order chi connectivity index (χ1) is 8.19. The van der Waals surface area contributed by atoms with Crippen molar-refractivity contribution < 1.29 is 9.47 Å². The van der Waals surface area contributed by atoms with Crippen LogP contribution in [0.1, 0.15) is 0 Å². The smallest absolute Gasteiger partial charge is 0.142 e. The maximum absolute atomic E-state index is 5.96. The van der Waals surface area contributed by atoms with E-state index in [-0.39, 0.29) is 5.41 Å². The zero-order valence-corrected chi connectivity index (χ0v) is 10.6. The number of rotatable bonds is 5. The second-order valence-corrected chi connectivity index (χ2v) is 4.83. The van der Waals surface area contributed by atoms with Gasteiger partial charge in [-0.25, -0.2) is 0 Å². The number of nitrogens with two attached hydrogens (primary N) is 1. The first-order valence-corrected chi connectivity index (χ1v) is 5.92. The molecule has 2 rings (SSSR count). The molecule has 0 aliphatic carbocycles. The van der Waals surface area contributed by atoms with Crippen LogP contribution in [0.5, 0.6) is 5.75 Å². The van der Waals surface area contributed by atoms with Crippen LogP contribution >= 0.6 is 11.6 Å². The lowest BCUT2D eigenvalue weighted by Crippen LogP contribution is -2.52. The highest BCUT2D eigenvalue weighted by atomic mass is 35.5. The van der Waals surface area contributed by atoms with E-state index in [1.54, 1.807) is 13.2 Å². The Balaban J connectivity index is 2.05. The fourth-order valence-corrected chi connectivity index (χ4v) is 1.96. The second-order valence-electron chi connectivity index (χ2n) is 4.40. The molecule has 0 bridgehead atoms. The van der Waals surface area contributed by atoms with Crippen LogP contribution < -0.4 is 15.8 Å². The molecule has 0 amide bonds. The van der Waals surface area contributed by atoms with Crippen molar-refractivity contribution in [3.63, 3.8) is 0 Å². The lowest BCUT2D eigenvalue weighted by molar-refractivity contribution is -0.0979. The van der Waals surface area contributed by atoms with Gasteiger partial charge in [-0.05, 0) is 18.2 Å². The zero-order chi connectivity index (χ0) is 12.3. The Kier molecular flexibility index (Phi) is 3.76. The van der Waals surface area contributed by atoms with Gasteiger partial charge in [0.15, 0.2) is 0 Å². The molecule has 94 valence electrons. The molecule has 1 fully saturated rings. The molecule has 17 heavy (non-hydrogen) atoms. The third-order valence-electron chi connectivity index (χ3n) is 3.06. The summed E-state index contributed by atoms with van der Waals surface area (Å²) >= 11 is 5.96. The van der Waals surface area contributed by atoms with Gasteiger partial charge in [-0.2, -0.15) is 0 Å². The lowest BCUT2D eigenvalue weighted by Gasteiger charge is -2.40. The standard InChI is InChI=1S/C12H17ClN2O2/c1-16-11-3-2-9(13)4-10(11)15-6-12(5-14)7-17-8-12/h2-4,15H,5-8,14H2,1H3. The van der Waals surface area contributed by atoms with Crippen molar-refractivity contribution in [2.75, 3.05) is 38.7 Å². The molecule has 1 saturated heterocycles. The van der Waals surface area contributed by atoms with Crippen molar-refractivity contribution in [1.29, 1.82) is 0 Å². The SMILES string of the molecule is COc1ccc(Cl)cc1NCC1(CN)COC1. The molecule has 1 aliphatic heterocycles. The second kappa shape index (κ2) is 5.12. The van der Waals surface area contributed by atoms with Crippen molar-refractivity contribution in [2.24, 2.45) is 11.1 Å². The van der Waals surface area contributed by atoms with Crippen molar-refractivity contribution in [2.45, 2.75) is 0 Å². The van der Waals surface area contributed by atoms with Crippen LogP contribution in [0.2, 0.25) is 5.02 Å². The van der Waals surface area contributed by atoms with E-state index in [2.05, 4.69) is 5.32 Å². The van der Waals surface area contributed by atoms with Gasteiger partial charge in [-0.15, -0.1) is 0 Å². The summed E-state index contributed by atoms with van der Waals surface area (Å²) in [6.45, 7) is 2.79. The van der Waals surface area contributed by atoms with Crippen molar-refractivity contribution in [3.8, 4) is 5.75 Å². The molecule has 1 heterocycles. The average Bonchev–Trinajstić information content (AvgIpc) is 2.28. The average molecular weight is 257 g/mol. The van der Waals surface area contributed by atoms with E-state index in [4.69, 9.17) is 26.8 Å². The topological polar surface area (TPSA) is 56.5 Å². The number of benzene rings is 1. The lowest BCUT2D eigenvalue weighted by atomic mass is 9.86. The summed E-state index contributed by atoms with van der Waals surface area (Å²) in [5.74, 6) is 0.779. The molecule has 0 saturated carbocycles. The fraction of sp³-hybridized carbons (Fsp3) is 0.500. The van der Waals surface area contributed by atoms with Crippen LogP contribution in [0.15, 0.2) is 18.2 Å². The van der Waals surface area contributed by atoms with Crippen molar-refractivity contribution in [3.05, 3.63) is 23.2 Å². The number of halogens is 1. The summed E-state index contributed by atoms with van der Waals surface area (Å²) in [5, 5.41) is 4.01. The van der Waals surface area contributed by atoms with Crippen LogP contribution in [0.3, 0.4) is 0 Å². The van der Waals surface area contributed by atoms with Gasteiger partial charge in [0.1, 0.15) is 5.75 Å². The summed E-state index contributed by atoms with van der Waals surface area (Å²) < 4.78 is 10.5. The molecule has 1 aliphatic rings. The van der Waals surface area contributed by atoms with Gasteiger partial charge in [-0.1, -0.05) is 11.6 Å². The van der Waals surface area contributed by atoms with Crippen LogP contribution in [0.25, 0.3) is 0 Å². The van der Waals surface area contributed by atoms with Crippen LogP contribution in [0.4, 0.5) is 5.69 Å². The van der Waals surface area contributed by atoms with Gasteiger partial charge in [0.05, 0.1) is 26.0 Å². The number of hydrogen-bond acceptors (Lipinski definition) is 4. The van der Waals surface area contributed by atoms with E-state index in [1.807, 2.05) is 12.1 Å².